The van der Waals surface area contributed by atoms with Crippen LogP contribution in [-0.4, -0.2) is 35.9 Å². The minimum atomic E-state index is -0.389. The molecule has 3 aromatic rings. The largest absolute Gasteiger partial charge is 0.493 e. The quantitative estimate of drug-likeness (QED) is 0.576. The summed E-state index contributed by atoms with van der Waals surface area (Å²) >= 11 is 0. The van der Waals surface area contributed by atoms with Crippen molar-refractivity contribution < 1.29 is 19.1 Å². The van der Waals surface area contributed by atoms with Gasteiger partial charge in [0, 0.05) is 18.1 Å². The van der Waals surface area contributed by atoms with Gasteiger partial charge in [-0.25, -0.2) is 0 Å². The Bertz CT molecular complexity index is 1200. The normalized spacial score (nSPS) is 13.5. The van der Waals surface area contributed by atoms with Gasteiger partial charge in [0.25, 0.3) is 11.8 Å². The van der Waals surface area contributed by atoms with Crippen LogP contribution in [0.1, 0.15) is 16.7 Å². The molecule has 0 fully saturated rings. The van der Waals surface area contributed by atoms with E-state index in [1.54, 1.807) is 49.8 Å². The highest BCUT2D eigenvalue weighted by molar-refractivity contribution is 6.36. The molecule has 1 aromatic heterocycles. The van der Waals surface area contributed by atoms with Gasteiger partial charge in [-0.05, 0) is 53.9 Å². The van der Waals surface area contributed by atoms with Crippen molar-refractivity contribution in [3.8, 4) is 11.5 Å². The van der Waals surface area contributed by atoms with Crippen molar-refractivity contribution in [1.82, 2.24) is 9.88 Å². The van der Waals surface area contributed by atoms with Crippen molar-refractivity contribution in [3.63, 3.8) is 0 Å². The number of imide groups is 1. The lowest BCUT2D eigenvalue weighted by atomic mass is 10.0. The molecule has 1 aliphatic heterocycles. The number of para-hydroxylation sites is 1. The first-order valence-electron chi connectivity index (χ1n) is 10.1. The van der Waals surface area contributed by atoms with Crippen LogP contribution in [0.3, 0.4) is 0 Å². The van der Waals surface area contributed by atoms with Crippen LogP contribution >= 0.6 is 0 Å². The first kappa shape index (κ1) is 21.1. The van der Waals surface area contributed by atoms with Crippen molar-refractivity contribution in [1.29, 1.82) is 0 Å². The highest BCUT2D eigenvalue weighted by Crippen LogP contribution is 2.36. The summed E-state index contributed by atoms with van der Waals surface area (Å²) < 4.78 is 10.7. The fraction of sp³-hybridized carbons (Fsp3) is 0.160. The second-order valence-electron chi connectivity index (χ2n) is 7.31. The van der Waals surface area contributed by atoms with Crippen LogP contribution in [0.2, 0.25) is 0 Å². The molecule has 0 unspecified atom stereocenters. The number of nitrogens with zero attached hydrogens (tertiary/aromatic N) is 2. The number of pyridine rings is 1. The number of methoxy groups -OCH3 is 2. The fourth-order valence-corrected chi connectivity index (χ4v) is 3.61. The number of ether oxygens (including phenoxy) is 2. The first-order valence-corrected chi connectivity index (χ1v) is 10.1. The summed E-state index contributed by atoms with van der Waals surface area (Å²) in [4.78, 5) is 32.1. The van der Waals surface area contributed by atoms with E-state index in [4.69, 9.17) is 9.47 Å². The Kier molecular flexibility index (Phi) is 5.89. The summed E-state index contributed by atoms with van der Waals surface area (Å²) in [5.41, 5.74) is 3.60. The van der Waals surface area contributed by atoms with Crippen LogP contribution in [0.15, 0.2) is 72.7 Å². The molecule has 0 spiro atoms. The Morgan fingerprint density at radius 1 is 0.906 bits per heavy atom. The monoisotopic (exact) mass is 429 g/mol. The molecule has 2 aromatic carbocycles. The second kappa shape index (κ2) is 8.93. The minimum absolute atomic E-state index is 0.149. The molecule has 7 heteroatoms. The number of aryl methyl sites for hydroxylation is 1. The van der Waals surface area contributed by atoms with Crippen LogP contribution in [0, 0.1) is 6.92 Å². The average molecular weight is 429 g/mol. The van der Waals surface area contributed by atoms with Crippen LogP contribution in [0.25, 0.3) is 5.57 Å². The van der Waals surface area contributed by atoms with Crippen molar-refractivity contribution in [2.45, 2.75) is 13.5 Å². The number of amides is 2. The molecule has 0 saturated carbocycles. The van der Waals surface area contributed by atoms with Gasteiger partial charge in [-0.2, -0.15) is 0 Å². The number of hydrogen-bond donors (Lipinski definition) is 1. The van der Waals surface area contributed by atoms with Gasteiger partial charge >= 0.3 is 0 Å². The zero-order valence-electron chi connectivity index (χ0n) is 18.1. The molecule has 0 radical (unpaired) electrons. The Morgan fingerprint density at radius 2 is 1.62 bits per heavy atom. The maximum atomic E-state index is 13.5. The van der Waals surface area contributed by atoms with Crippen LogP contribution in [0.4, 0.5) is 5.69 Å². The van der Waals surface area contributed by atoms with E-state index in [9.17, 15) is 9.59 Å². The Balaban J connectivity index is 1.80. The molecular formula is C25H23N3O4. The van der Waals surface area contributed by atoms with Gasteiger partial charge in [0.05, 0.1) is 26.3 Å². The van der Waals surface area contributed by atoms with E-state index in [0.717, 1.165) is 16.8 Å². The minimum Gasteiger partial charge on any atom is -0.493 e. The average Bonchev–Trinajstić information content (AvgIpc) is 3.05. The fourth-order valence-electron chi connectivity index (χ4n) is 3.61. The molecule has 7 nitrogen and oxygen atoms in total. The zero-order valence-corrected chi connectivity index (χ0v) is 18.1. The zero-order chi connectivity index (χ0) is 22.7. The van der Waals surface area contributed by atoms with E-state index >= 15 is 0 Å². The molecule has 1 aliphatic rings. The van der Waals surface area contributed by atoms with Crippen molar-refractivity contribution in [2.24, 2.45) is 0 Å². The predicted molar refractivity (Wildman–Crippen MR) is 121 cm³/mol. The Labute approximate surface area is 186 Å². The van der Waals surface area contributed by atoms with Gasteiger partial charge in [0.1, 0.15) is 5.70 Å². The van der Waals surface area contributed by atoms with Crippen molar-refractivity contribution in [3.05, 3.63) is 89.4 Å². The van der Waals surface area contributed by atoms with Crippen LogP contribution < -0.4 is 14.8 Å². The van der Waals surface area contributed by atoms with E-state index < -0.39 is 0 Å². The van der Waals surface area contributed by atoms with Gasteiger partial charge in [0.15, 0.2) is 11.5 Å². The smallest absolute Gasteiger partial charge is 0.278 e. The maximum absolute atomic E-state index is 13.5. The molecule has 0 aliphatic carbocycles. The number of aromatic nitrogens is 1. The molecule has 0 bridgehead atoms. The van der Waals surface area contributed by atoms with Gasteiger partial charge < -0.3 is 14.8 Å². The SMILES string of the molecule is COc1ccc(C2=C(Nc3ccccc3C)C(=O)N(Cc3ccncc3)C2=O)cc1OC. The Morgan fingerprint density at radius 3 is 2.31 bits per heavy atom. The Hall–Kier alpha value is -4.13. The highest BCUT2D eigenvalue weighted by Gasteiger charge is 2.39. The number of carbonyl (C=O) groups excluding carboxylic acids is 2. The van der Waals surface area contributed by atoms with Crippen LogP contribution in [-0.2, 0) is 16.1 Å². The van der Waals surface area contributed by atoms with E-state index in [0.29, 0.717) is 17.1 Å². The van der Waals surface area contributed by atoms with E-state index in [2.05, 4.69) is 10.3 Å². The topological polar surface area (TPSA) is 80.8 Å². The maximum Gasteiger partial charge on any atom is 0.278 e. The number of nitrogens with one attached hydrogen (secondary N) is 1. The molecule has 0 atom stereocenters. The van der Waals surface area contributed by atoms with Crippen molar-refractivity contribution in [2.75, 3.05) is 19.5 Å². The lowest BCUT2D eigenvalue weighted by molar-refractivity contribution is -0.137. The molecule has 4 rings (SSSR count). The summed E-state index contributed by atoms with van der Waals surface area (Å²) in [7, 11) is 3.07. The summed E-state index contributed by atoms with van der Waals surface area (Å²) in [6.45, 7) is 2.09. The molecular weight excluding hydrogens is 406 g/mol. The predicted octanol–water partition coefficient (Wildman–Crippen LogP) is 3.80. The highest BCUT2D eigenvalue weighted by atomic mass is 16.5. The molecule has 2 amide bonds. The summed E-state index contributed by atoms with van der Waals surface area (Å²) in [5.74, 6) is 0.242. The molecule has 32 heavy (non-hydrogen) atoms. The van der Waals surface area contributed by atoms with E-state index in [1.165, 1.54) is 12.0 Å². The second-order valence-corrected chi connectivity index (χ2v) is 7.31. The van der Waals surface area contributed by atoms with Gasteiger partial charge in [0.2, 0.25) is 0 Å². The van der Waals surface area contributed by atoms with Crippen LogP contribution in [0.5, 0.6) is 11.5 Å². The van der Waals surface area contributed by atoms with Gasteiger partial charge in [-0.3, -0.25) is 19.5 Å². The number of hydrogen-bond acceptors (Lipinski definition) is 6. The number of rotatable bonds is 7. The van der Waals surface area contributed by atoms with Crippen molar-refractivity contribution >= 4 is 23.1 Å². The van der Waals surface area contributed by atoms with E-state index in [1.807, 2.05) is 31.2 Å². The third kappa shape index (κ3) is 3.92. The molecule has 2 heterocycles. The number of carbonyl (C=O) groups is 2. The van der Waals surface area contributed by atoms with E-state index in [-0.39, 0.29) is 29.6 Å². The lowest BCUT2D eigenvalue weighted by Gasteiger charge is -2.15. The number of benzene rings is 2. The molecule has 1 N–H and O–H groups in total. The standard InChI is InChI=1S/C25H23N3O4/c1-16-6-4-5-7-19(16)27-23-22(18-8-9-20(31-2)21(14-18)32-3)24(29)28(25(23)30)15-17-10-12-26-13-11-17/h4-14,27H,15H2,1-3H3. The summed E-state index contributed by atoms with van der Waals surface area (Å²) in [6, 6.07) is 16.3. The van der Waals surface area contributed by atoms with Gasteiger partial charge in [-0.15, -0.1) is 0 Å². The third-order valence-electron chi connectivity index (χ3n) is 5.34. The molecule has 0 saturated heterocycles. The van der Waals surface area contributed by atoms with Gasteiger partial charge in [-0.1, -0.05) is 24.3 Å². The lowest BCUT2D eigenvalue weighted by Crippen LogP contribution is -2.32. The first-order chi connectivity index (χ1) is 15.5. The summed E-state index contributed by atoms with van der Waals surface area (Å²) in [6.07, 6.45) is 3.27. The third-order valence-corrected chi connectivity index (χ3v) is 5.34. The molecule has 162 valence electrons. The number of anilines is 1. The summed E-state index contributed by atoms with van der Waals surface area (Å²) in [5, 5.41) is 3.20.